The van der Waals surface area contributed by atoms with Gasteiger partial charge < -0.3 is 15.4 Å². The van der Waals surface area contributed by atoms with Gasteiger partial charge in [-0.3, -0.25) is 4.90 Å². The molecule has 0 unspecified atom stereocenters. The third-order valence-electron chi connectivity index (χ3n) is 4.79. The van der Waals surface area contributed by atoms with Gasteiger partial charge in [0.1, 0.15) is 5.82 Å². The van der Waals surface area contributed by atoms with Crippen molar-refractivity contribution in [2.45, 2.75) is 13.0 Å². The highest BCUT2D eigenvalue weighted by Crippen LogP contribution is 2.24. The Hall–Kier alpha value is -2.02. The Labute approximate surface area is 148 Å². The van der Waals surface area contributed by atoms with Crippen LogP contribution in [-0.4, -0.2) is 60.8 Å². The Bertz CT molecular complexity index is 700. The maximum Gasteiger partial charge on any atom is 0.161 e. The van der Waals surface area contributed by atoms with Crippen LogP contribution in [0.4, 0.5) is 5.82 Å². The molecule has 3 heterocycles. The number of aromatic nitrogens is 2. The van der Waals surface area contributed by atoms with E-state index in [1.54, 1.807) is 0 Å². The summed E-state index contributed by atoms with van der Waals surface area (Å²) in [7, 11) is 0. The summed E-state index contributed by atoms with van der Waals surface area (Å²) < 4.78 is 5.41. The summed E-state index contributed by atoms with van der Waals surface area (Å²) in [5, 5.41) is 6.98. The number of nitrogens with zero attached hydrogens (tertiary/aromatic N) is 3. The lowest BCUT2D eigenvalue weighted by Gasteiger charge is -2.27. The lowest BCUT2D eigenvalue weighted by molar-refractivity contribution is 0.0398. The average molecular weight is 339 g/mol. The first-order valence-corrected chi connectivity index (χ1v) is 9.10. The molecule has 1 aromatic heterocycles. The van der Waals surface area contributed by atoms with Crippen molar-refractivity contribution in [3.05, 3.63) is 41.6 Å². The van der Waals surface area contributed by atoms with Gasteiger partial charge >= 0.3 is 0 Å². The van der Waals surface area contributed by atoms with E-state index in [1.807, 2.05) is 18.2 Å². The van der Waals surface area contributed by atoms with Gasteiger partial charge in [-0.05, 0) is 13.0 Å². The molecule has 0 atom stereocenters. The number of hydrogen-bond donors (Lipinski definition) is 2. The largest absolute Gasteiger partial charge is 0.379 e. The molecule has 6 heteroatoms. The van der Waals surface area contributed by atoms with E-state index in [0.29, 0.717) is 0 Å². The molecule has 0 saturated carbocycles. The first kappa shape index (κ1) is 16.4. The Kier molecular flexibility index (Phi) is 5.20. The van der Waals surface area contributed by atoms with Gasteiger partial charge in [0.05, 0.1) is 18.9 Å². The van der Waals surface area contributed by atoms with Crippen LogP contribution in [0.25, 0.3) is 11.4 Å². The summed E-state index contributed by atoms with van der Waals surface area (Å²) in [4.78, 5) is 12.1. The molecule has 1 fully saturated rings. The van der Waals surface area contributed by atoms with E-state index in [-0.39, 0.29) is 0 Å². The molecular weight excluding hydrogens is 314 g/mol. The Morgan fingerprint density at radius 1 is 1.12 bits per heavy atom. The lowest BCUT2D eigenvalue weighted by atomic mass is 10.1. The fourth-order valence-electron chi connectivity index (χ4n) is 3.38. The summed E-state index contributed by atoms with van der Waals surface area (Å²) in [5.41, 5.74) is 3.45. The van der Waals surface area contributed by atoms with Crippen LogP contribution in [0.5, 0.6) is 0 Å². The van der Waals surface area contributed by atoms with Crippen molar-refractivity contribution in [2.24, 2.45) is 0 Å². The molecule has 25 heavy (non-hydrogen) atoms. The summed E-state index contributed by atoms with van der Waals surface area (Å²) in [5.74, 6) is 1.80. The topological polar surface area (TPSA) is 62.3 Å². The molecule has 2 aromatic rings. The number of morpholine rings is 1. The molecule has 0 radical (unpaired) electrons. The van der Waals surface area contributed by atoms with Gasteiger partial charge in [-0.15, -0.1) is 0 Å². The molecule has 2 N–H and O–H groups in total. The van der Waals surface area contributed by atoms with Gasteiger partial charge in [-0.2, -0.15) is 0 Å². The summed E-state index contributed by atoms with van der Waals surface area (Å²) in [6, 6.07) is 10.2. The zero-order chi connectivity index (χ0) is 16.9. The van der Waals surface area contributed by atoms with Gasteiger partial charge in [0.15, 0.2) is 5.82 Å². The van der Waals surface area contributed by atoms with Gasteiger partial charge in [-0.1, -0.05) is 30.3 Å². The smallest absolute Gasteiger partial charge is 0.161 e. The number of nitrogens with one attached hydrogen (secondary N) is 2. The Balaban J connectivity index is 1.52. The highest BCUT2D eigenvalue weighted by atomic mass is 16.5. The standard InChI is InChI=1S/C19H25N5O/c1-2-4-15(5-3-1)18-22-17-14-20-7-6-16(17)19(23-18)21-8-9-24-10-12-25-13-11-24/h1-5,20H,6-14H2,(H,21,22,23). The third kappa shape index (κ3) is 3.98. The van der Waals surface area contributed by atoms with Crippen LogP contribution < -0.4 is 10.6 Å². The van der Waals surface area contributed by atoms with Crippen LogP contribution in [0.1, 0.15) is 11.3 Å². The molecule has 6 nitrogen and oxygen atoms in total. The van der Waals surface area contributed by atoms with Crippen LogP contribution in [0, 0.1) is 0 Å². The van der Waals surface area contributed by atoms with E-state index in [0.717, 1.165) is 81.8 Å². The van der Waals surface area contributed by atoms with E-state index in [1.165, 1.54) is 5.56 Å². The molecule has 4 rings (SSSR count). The van der Waals surface area contributed by atoms with E-state index < -0.39 is 0 Å². The molecule has 0 amide bonds. The third-order valence-corrected chi connectivity index (χ3v) is 4.79. The van der Waals surface area contributed by atoms with Crippen LogP contribution in [-0.2, 0) is 17.7 Å². The Morgan fingerprint density at radius 3 is 2.80 bits per heavy atom. The first-order valence-electron chi connectivity index (χ1n) is 9.10. The zero-order valence-corrected chi connectivity index (χ0v) is 14.5. The quantitative estimate of drug-likeness (QED) is 0.861. The number of benzene rings is 1. The van der Waals surface area contributed by atoms with Gasteiger partial charge in [0, 0.05) is 43.9 Å². The van der Waals surface area contributed by atoms with E-state index in [4.69, 9.17) is 14.7 Å². The number of ether oxygens (including phenoxy) is 1. The first-order chi connectivity index (χ1) is 12.4. The van der Waals surface area contributed by atoms with Crippen molar-refractivity contribution >= 4 is 5.82 Å². The SMILES string of the molecule is c1ccc(-c2nc3c(c(NCCN4CCOCC4)n2)CCNC3)cc1. The monoisotopic (exact) mass is 339 g/mol. The van der Waals surface area contributed by atoms with Crippen molar-refractivity contribution in [1.29, 1.82) is 0 Å². The lowest BCUT2D eigenvalue weighted by Crippen LogP contribution is -2.39. The fraction of sp³-hybridized carbons (Fsp3) is 0.474. The van der Waals surface area contributed by atoms with Crippen LogP contribution in [0.3, 0.4) is 0 Å². The number of anilines is 1. The number of hydrogen-bond acceptors (Lipinski definition) is 6. The predicted octanol–water partition coefficient (Wildman–Crippen LogP) is 1.53. The number of rotatable bonds is 5. The molecule has 132 valence electrons. The molecule has 0 spiro atoms. The van der Waals surface area contributed by atoms with Crippen LogP contribution in [0.15, 0.2) is 30.3 Å². The summed E-state index contributed by atoms with van der Waals surface area (Å²) >= 11 is 0. The minimum Gasteiger partial charge on any atom is -0.379 e. The molecule has 1 aromatic carbocycles. The molecule has 0 aliphatic carbocycles. The zero-order valence-electron chi connectivity index (χ0n) is 14.5. The van der Waals surface area contributed by atoms with Crippen molar-refractivity contribution in [1.82, 2.24) is 20.2 Å². The van der Waals surface area contributed by atoms with Gasteiger partial charge in [0.25, 0.3) is 0 Å². The highest BCUT2D eigenvalue weighted by molar-refractivity contribution is 5.60. The van der Waals surface area contributed by atoms with Crippen molar-refractivity contribution in [3.63, 3.8) is 0 Å². The fourth-order valence-corrected chi connectivity index (χ4v) is 3.38. The minimum absolute atomic E-state index is 0.803. The number of fused-ring (bicyclic) bond motifs is 1. The van der Waals surface area contributed by atoms with Crippen molar-refractivity contribution < 1.29 is 4.74 Å². The van der Waals surface area contributed by atoms with E-state index in [9.17, 15) is 0 Å². The Morgan fingerprint density at radius 2 is 1.96 bits per heavy atom. The second-order valence-corrected chi connectivity index (χ2v) is 6.49. The molecule has 0 bridgehead atoms. The predicted molar refractivity (Wildman–Crippen MR) is 98.6 cm³/mol. The van der Waals surface area contributed by atoms with Gasteiger partial charge in [-0.25, -0.2) is 9.97 Å². The maximum absolute atomic E-state index is 5.41. The van der Waals surface area contributed by atoms with Crippen LogP contribution in [0.2, 0.25) is 0 Å². The normalized spacial score (nSPS) is 17.9. The highest BCUT2D eigenvalue weighted by Gasteiger charge is 2.18. The van der Waals surface area contributed by atoms with Crippen LogP contribution >= 0.6 is 0 Å². The van der Waals surface area contributed by atoms with E-state index >= 15 is 0 Å². The molecule has 2 aliphatic rings. The minimum atomic E-state index is 0.803. The molecule has 1 saturated heterocycles. The average Bonchev–Trinajstić information content (AvgIpc) is 2.69. The molecule has 2 aliphatic heterocycles. The second-order valence-electron chi connectivity index (χ2n) is 6.49. The van der Waals surface area contributed by atoms with Crippen molar-refractivity contribution in [2.75, 3.05) is 51.3 Å². The summed E-state index contributed by atoms with van der Waals surface area (Å²) in [6.45, 7) is 7.42. The van der Waals surface area contributed by atoms with Crippen molar-refractivity contribution in [3.8, 4) is 11.4 Å². The summed E-state index contributed by atoms with van der Waals surface area (Å²) in [6.07, 6.45) is 0.976. The van der Waals surface area contributed by atoms with Gasteiger partial charge in [0.2, 0.25) is 0 Å². The second kappa shape index (κ2) is 7.91. The molecular formula is C19H25N5O. The van der Waals surface area contributed by atoms with E-state index in [2.05, 4.69) is 27.7 Å². The maximum atomic E-state index is 5.41.